The van der Waals surface area contributed by atoms with Crippen LogP contribution in [0.5, 0.6) is 0 Å². The van der Waals surface area contributed by atoms with Gasteiger partial charge in [-0.3, -0.25) is 4.55 Å². The van der Waals surface area contributed by atoms with Crippen LogP contribution in [0.1, 0.15) is 32.3 Å². The Morgan fingerprint density at radius 1 is 1.29 bits per heavy atom. The third-order valence-electron chi connectivity index (χ3n) is 5.48. The van der Waals surface area contributed by atoms with Crippen molar-refractivity contribution in [1.82, 2.24) is 0 Å². The van der Waals surface area contributed by atoms with Gasteiger partial charge in [-0.1, -0.05) is 68.0 Å². The van der Waals surface area contributed by atoms with Crippen molar-refractivity contribution in [1.29, 1.82) is 0 Å². The maximum absolute atomic E-state index is 12.1. The van der Waals surface area contributed by atoms with Crippen LogP contribution in [0.2, 0.25) is 0 Å². The van der Waals surface area contributed by atoms with Crippen LogP contribution in [0, 0.1) is 11.3 Å². The first kappa shape index (κ1) is 14.5. The lowest BCUT2D eigenvalue weighted by Gasteiger charge is -2.41. The fraction of sp³-hybridized carbons (Fsp3) is 0.412. The Morgan fingerprint density at radius 3 is 2.43 bits per heavy atom. The Balaban J connectivity index is 2.10. The fourth-order valence-corrected chi connectivity index (χ4v) is 5.47. The van der Waals surface area contributed by atoms with Crippen molar-refractivity contribution >= 4 is 16.2 Å². The molecule has 1 aromatic rings. The molecule has 2 saturated carbocycles. The van der Waals surface area contributed by atoms with E-state index in [9.17, 15) is 13.0 Å². The predicted molar refractivity (Wildman–Crippen MR) is 84.3 cm³/mol. The summed E-state index contributed by atoms with van der Waals surface area (Å²) >= 11 is 0. The SMILES string of the molecule is C=C1C2CC(S(=O)(=O)O)(CC2=Cc2ccccc2)C1(C)C. The Bertz CT molecular complexity index is 729. The molecule has 2 atom stereocenters. The van der Waals surface area contributed by atoms with Crippen LogP contribution in [-0.2, 0) is 10.1 Å². The second-order valence-electron chi connectivity index (χ2n) is 6.68. The molecular weight excluding hydrogens is 284 g/mol. The molecule has 3 nitrogen and oxygen atoms in total. The zero-order valence-corrected chi connectivity index (χ0v) is 13.2. The second-order valence-corrected chi connectivity index (χ2v) is 8.41. The third-order valence-corrected chi connectivity index (χ3v) is 7.29. The zero-order valence-electron chi connectivity index (χ0n) is 12.3. The first-order chi connectivity index (χ1) is 9.69. The van der Waals surface area contributed by atoms with Crippen molar-refractivity contribution in [3.63, 3.8) is 0 Å². The highest BCUT2D eigenvalue weighted by atomic mass is 32.2. The average molecular weight is 304 g/mol. The lowest BCUT2D eigenvalue weighted by Crippen LogP contribution is -2.47. The van der Waals surface area contributed by atoms with Gasteiger partial charge in [0.05, 0.1) is 0 Å². The molecule has 1 aromatic carbocycles. The van der Waals surface area contributed by atoms with Crippen molar-refractivity contribution in [2.45, 2.75) is 31.4 Å². The molecule has 21 heavy (non-hydrogen) atoms. The normalized spacial score (nSPS) is 32.8. The number of allylic oxidation sites excluding steroid dienone is 2. The van der Waals surface area contributed by atoms with Crippen LogP contribution in [0.15, 0.2) is 48.1 Å². The average Bonchev–Trinajstić information content (AvgIpc) is 2.87. The maximum atomic E-state index is 12.1. The van der Waals surface area contributed by atoms with Gasteiger partial charge in [-0.15, -0.1) is 0 Å². The van der Waals surface area contributed by atoms with E-state index < -0.39 is 20.3 Å². The molecular formula is C17H20O3S. The van der Waals surface area contributed by atoms with Crippen LogP contribution >= 0.6 is 0 Å². The molecule has 1 N–H and O–H groups in total. The molecule has 2 fully saturated rings. The summed E-state index contributed by atoms with van der Waals surface area (Å²) in [7, 11) is -4.14. The van der Waals surface area contributed by atoms with Crippen molar-refractivity contribution < 1.29 is 13.0 Å². The fourth-order valence-electron chi connectivity index (χ4n) is 3.97. The van der Waals surface area contributed by atoms with Crippen LogP contribution < -0.4 is 0 Å². The maximum Gasteiger partial charge on any atom is 0.271 e. The van der Waals surface area contributed by atoms with Gasteiger partial charge in [0.1, 0.15) is 4.75 Å². The van der Waals surface area contributed by atoms with E-state index in [4.69, 9.17) is 0 Å². The molecule has 2 aliphatic carbocycles. The van der Waals surface area contributed by atoms with Crippen molar-refractivity contribution in [2.24, 2.45) is 11.3 Å². The highest BCUT2D eigenvalue weighted by molar-refractivity contribution is 7.87. The Hall–Kier alpha value is -1.39. The summed E-state index contributed by atoms with van der Waals surface area (Å²) in [5.41, 5.74) is 2.42. The molecule has 0 radical (unpaired) electrons. The first-order valence-corrected chi connectivity index (χ1v) is 8.55. The lowest BCUT2D eigenvalue weighted by molar-refractivity contribution is 0.301. The highest BCUT2D eigenvalue weighted by Crippen LogP contribution is 2.66. The van der Waals surface area contributed by atoms with E-state index in [-0.39, 0.29) is 5.92 Å². The summed E-state index contributed by atoms with van der Waals surface area (Å²) in [6.07, 6.45) is 2.87. The van der Waals surface area contributed by atoms with E-state index in [0.29, 0.717) is 12.8 Å². The van der Waals surface area contributed by atoms with E-state index in [1.165, 1.54) is 0 Å². The van der Waals surface area contributed by atoms with Gasteiger partial charge in [0.2, 0.25) is 0 Å². The molecule has 0 amide bonds. The van der Waals surface area contributed by atoms with Crippen LogP contribution in [0.4, 0.5) is 0 Å². The second kappa shape index (κ2) is 4.31. The van der Waals surface area contributed by atoms with Gasteiger partial charge in [0, 0.05) is 11.3 Å². The quantitative estimate of drug-likeness (QED) is 0.669. The number of hydrogen-bond acceptors (Lipinski definition) is 2. The van der Waals surface area contributed by atoms with E-state index in [1.54, 1.807) is 0 Å². The van der Waals surface area contributed by atoms with E-state index in [2.05, 4.69) is 6.58 Å². The minimum absolute atomic E-state index is 0.0436. The van der Waals surface area contributed by atoms with Crippen LogP contribution in [0.3, 0.4) is 0 Å². The number of hydrogen-bond donors (Lipinski definition) is 1. The van der Waals surface area contributed by atoms with E-state index in [1.807, 2.05) is 50.3 Å². The molecule has 0 spiro atoms. The van der Waals surface area contributed by atoms with Crippen LogP contribution in [-0.4, -0.2) is 17.7 Å². The molecule has 3 rings (SSSR count). The summed E-state index contributed by atoms with van der Waals surface area (Å²) in [4.78, 5) is 0. The largest absolute Gasteiger partial charge is 0.285 e. The molecule has 2 aliphatic rings. The van der Waals surface area contributed by atoms with Gasteiger partial charge in [0.25, 0.3) is 10.1 Å². The summed E-state index contributed by atoms with van der Waals surface area (Å²) in [5.74, 6) is 0.0436. The Kier molecular flexibility index (Phi) is 2.98. The number of rotatable bonds is 2. The topological polar surface area (TPSA) is 54.4 Å². The first-order valence-electron chi connectivity index (χ1n) is 7.11. The van der Waals surface area contributed by atoms with Gasteiger partial charge in [-0.2, -0.15) is 8.42 Å². The lowest BCUT2D eigenvalue weighted by atomic mass is 9.71. The molecule has 2 bridgehead atoms. The van der Waals surface area contributed by atoms with Crippen molar-refractivity contribution in [3.8, 4) is 0 Å². The van der Waals surface area contributed by atoms with Gasteiger partial charge in [-0.05, 0) is 18.4 Å². The standard InChI is InChI=1S/C17H20O3S/c1-12-15-11-17(16(12,2)3,21(18,19)20)10-14(15)9-13-7-5-4-6-8-13/h4-9,15H,1,10-11H2,2-3H3,(H,18,19,20). The molecule has 112 valence electrons. The Morgan fingerprint density at radius 2 is 1.90 bits per heavy atom. The van der Waals surface area contributed by atoms with Crippen molar-refractivity contribution in [3.05, 3.63) is 53.6 Å². The van der Waals surface area contributed by atoms with Gasteiger partial charge in [-0.25, -0.2) is 0 Å². The zero-order chi connectivity index (χ0) is 15.5. The highest BCUT2D eigenvalue weighted by Gasteiger charge is 2.67. The smallest absolute Gasteiger partial charge is 0.271 e. The minimum atomic E-state index is -4.14. The molecule has 0 aliphatic heterocycles. The third kappa shape index (κ3) is 1.86. The van der Waals surface area contributed by atoms with Crippen LogP contribution in [0.25, 0.3) is 6.08 Å². The summed E-state index contributed by atoms with van der Waals surface area (Å²) in [6, 6.07) is 9.85. The number of benzene rings is 1. The number of fused-ring (bicyclic) bond motifs is 2. The monoisotopic (exact) mass is 304 g/mol. The molecule has 0 aromatic heterocycles. The predicted octanol–water partition coefficient (Wildman–Crippen LogP) is 3.70. The molecule has 4 heteroatoms. The van der Waals surface area contributed by atoms with Crippen molar-refractivity contribution in [2.75, 3.05) is 0 Å². The van der Waals surface area contributed by atoms with Gasteiger partial charge < -0.3 is 0 Å². The summed E-state index contributed by atoms with van der Waals surface area (Å²) < 4.78 is 32.8. The van der Waals surface area contributed by atoms with Gasteiger partial charge >= 0.3 is 0 Å². The van der Waals surface area contributed by atoms with E-state index >= 15 is 0 Å². The van der Waals surface area contributed by atoms with Gasteiger partial charge in [0.15, 0.2) is 0 Å². The van der Waals surface area contributed by atoms with E-state index in [0.717, 1.165) is 16.7 Å². The summed E-state index contributed by atoms with van der Waals surface area (Å²) in [6.45, 7) is 7.88. The molecule has 0 saturated heterocycles. The molecule has 2 unspecified atom stereocenters. The summed E-state index contributed by atoms with van der Waals surface area (Å²) in [5, 5.41) is 0. The molecule has 0 heterocycles. The minimum Gasteiger partial charge on any atom is -0.285 e. The Labute approximate surface area is 126 Å².